The van der Waals surface area contributed by atoms with Crippen LogP contribution in [0, 0.1) is 0 Å². The summed E-state index contributed by atoms with van der Waals surface area (Å²) < 4.78 is 0. The highest BCUT2D eigenvalue weighted by atomic mass is 14.2. The van der Waals surface area contributed by atoms with E-state index in [1.807, 2.05) is 6.08 Å². The molecule has 0 N–H and O–H groups in total. The third-order valence-corrected chi connectivity index (χ3v) is 8.32. The van der Waals surface area contributed by atoms with Gasteiger partial charge >= 0.3 is 0 Å². The van der Waals surface area contributed by atoms with Gasteiger partial charge in [0, 0.05) is 0 Å². The third kappa shape index (κ3) is 4.52. The first kappa shape index (κ1) is 25.7. The smallest absolute Gasteiger partial charge is 0.00262 e. The number of fused-ring (bicyclic) bond motifs is 3. The maximum absolute atomic E-state index is 4.02. The number of allylic oxidation sites excluding steroid dienone is 3. The van der Waals surface area contributed by atoms with Crippen molar-refractivity contribution in [1.82, 2.24) is 0 Å². The van der Waals surface area contributed by atoms with Gasteiger partial charge in [0.2, 0.25) is 0 Å². The van der Waals surface area contributed by atoms with E-state index in [0.717, 1.165) is 6.42 Å². The van der Waals surface area contributed by atoms with Gasteiger partial charge in [-0.1, -0.05) is 153 Å². The van der Waals surface area contributed by atoms with Crippen LogP contribution in [0.2, 0.25) is 0 Å². The van der Waals surface area contributed by atoms with E-state index in [-0.39, 0.29) is 0 Å². The van der Waals surface area contributed by atoms with E-state index >= 15 is 0 Å². The summed E-state index contributed by atoms with van der Waals surface area (Å²) in [6.45, 7) is 6.18. The maximum Gasteiger partial charge on any atom is -0.00262 e. The van der Waals surface area contributed by atoms with Crippen LogP contribution in [0.1, 0.15) is 18.9 Å². The molecule has 0 nitrogen and oxygen atoms in total. The zero-order valence-corrected chi connectivity index (χ0v) is 23.8. The van der Waals surface area contributed by atoms with E-state index in [1.54, 1.807) is 0 Å². The van der Waals surface area contributed by atoms with E-state index < -0.39 is 0 Å². The van der Waals surface area contributed by atoms with Crippen LogP contribution >= 0.6 is 0 Å². The van der Waals surface area contributed by atoms with Gasteiger partial charge in [0.15, 0.2) is 0 Å². The van der Waals surface area contributed by atoms with Crippen molar-refractivity contribution in [2.24, 2.45) is 0 Å². The molecule has 0 heterocycles. The molecule has 0 fully saturated rings. The first-order valence-corrected chi connectivity index (χ1v) is 14.7. The summed E-state index contributed by atoms with van der Waals surface area (Å²) in [6.07, 6.45) is 5.17. The molecule has 0 saturated heterocycles. The summed E-state index contributed by atoms with van der Waals surface area (Å²) >= 11 is 0. The lowest BCUT2D eigenvalue weighted by Gasteiger charge is -2.18. The zero-order chi connectivity index (χ0) is 28.5. The molecule has 200 valence electrons. The topological polar surface area (TPSA) is 0 Å². The molecule has 0 unspecified atom stereocenters. The summed E-state index contributed by atoms with van der Waals surface area (Å²) in [6, 6.07) is 51.0. The van der Waals surface area contributed by atoms with Gasteiger partial charge < -0.3 is 0 Å². The van der Waals surface area contributed by atoms with Crippen LogP contribution in [0.5, 0.6) is 0 Å². The molecular formula is C42H32. The minimum absolute atomic E-state index is 0.988. The predicted octanol–water partition coefficient (Wildman–Crippen LogP) is 12.1. The second kappa shape index (κ2) is 11.0. The van der Waals surface area contributed by atoms with Crippen LogP contribution in [0.15, 0.2) is 158 Å². The Kier molecular flexibility index (Phi) is 6.74. The Morgan fingerprint density at radius 2 is 1.05 bits per heavy atom. The summed E-state index contributed by atoms with van der Waals surface area (Å²) in [7, 11) is 0. The van der Waals surface area contributed by atoms with E-state index in [9.17, 15) is 0 Å². The Labute approximate surface area is 247 Å². The Balaban J connectivity index is 1.40. The van der Waals surface area contributed by atoms with Crippen molar-refractivity contribution in [3.8, 4) is 33.4 Å². The first-order valence-electron chi connectivity index (χ1n) is 14.7. The fraction of sp³-hybridized carbons (Fsp3) is 0.0476. The fourth-order valence-corrected chi connectivity index (χ4v) is 6.34. The van der Waals surface area contributed by atoms with Gasteiger partial charge in [-0.05, 0) is 95.4 Å². The van der Waals surface area contributed by atoms with E-state index in [1.165, 1.54) is 76.8 Å². The first-order chi connectivity index (χ1) is 20.7. The minimum Gasteiger partial charge on any atom is -0.0985 e. The highest BCUT2D eigenvalue weighted by molar-refractivity contribution is 6.21. The Morgan fingerprint density at radius 1 is 0.500 bits per heavy atom. The standard InChI is InChI=1S/C42H32/c1-3-12-29(4-2)33-15-11-16-35(27-33)31-21-24-32(25-22-31)41-37-17-7-9-19-39(37)42(40-20-10-8-18-38(40)41)36-26-23-30-13-5-6-14-34(30)28-36/h4-28H,2-3H2,1H3/b29-12+. The molecule has 0 atom stereocenters. The molecule has 0 bridgehead atoms. The van der Waals surface area contributed by atoms with Crippen molar-refractivity contribution in [3.05, 3.63) is 164 Å². The molecule has 7 aromatic rings. The van der Waals surface area contributed by atoms with E-state index in [4.69, 9.17) is 0 Å². The summed E-state index contributed by atoms with van der Waals surface area (Å²) in [5, 5.41) is 7.62. The SMILES string of the molecule is C=C/C(=C\CC)c1cccc(-c2ccc(-c3c4ccccc4c(-c4ccc5ccccc5c4)c4ccccc34)cc2)c1. The molecular weight excluding hydrogens is 504 g/mol. The summed E-state index contributed by atoms with van der Waals surface area (Å²) in [4.78, 5) is 0. The fourth-order valence-electron chi connectivity index (χ4n) is 6.34. The molecule has 0 spiro atoms. The number of hydrogen-bond donors (Lipinski definition) is 0. The number of rotatable bonds is 6. The molecule has 0 heteroatoms. The van der Waals surface area contributed by atoms with Crippen LogP contribution < -0.4 is 0 Å². The third-order valence-electron chi connectivity index (χ3n) is 8.32. The average Bonchev–Trinajstić information content (AvgIpc) is 3.06. The van der Waals surface area contributed by atoms with Crippen LogP contribution in [-0.4, -0.2) is 0 Å². The molecule has 7 aromatic carbocycles. The van der Waals surface area contributed by atoms with Crippen LogP contribution in [0.25, 0.3) is 71.3 Å². The van der Waals surface area contributed by atoms with Crippen LogP contribution in [-0.2, 0) is 0 Å². The average molecular weight is 537 g/mol. The van der Waals surface area contributed by atoms with E-state index in [0.29, 0.717) is 0 Å². The van der Waals surface area contributed by atoms with Crippen molar-refractivity contribution in [2.45, 2.75) is 13.3 Å². The van der Waals surface area contributed by atoms with E-state index in [2.05, 4.69) is 159 Å². The largest absolute Gasteiger partial charge is 0.0985 e. The van der Waals surface area contributed by atoms with Gasteiger partial charge in [-0.2, -0.15) is 0 Å². The van der Waals surface area contributed by atoms with Crippen molar-refractivity contribution in [1.29, 1.82) is 0 Å². The van der Waals surface area contributed by atoms with Gasteiger partial charge in [-0.15, -0.1) is 0 Å². The Bertz CT molecular complexity index is 2070. The van der Waals surface area contributed by atoms with Crippen molar-refractivity contribution in [3.63, 3.8) is 0 Å². The summed E-state index contributed by atoms with van der Waals surface area (Å²) in [5.74, 6) is 0. The quantitative estimate of drug-likeness (QED) is 0.146. The normalized spacial score (nSPS) is 11.8. The summed E-state index contributed by atoms with van der Waals surface area (Å²) in [5.41, 5.74) is 9.86. The highest BCUT2D eigenvalue weighted by Crippen LogP contribution is 2.44. The second-order valence-corrected chi connectivity index (χ2v) is 10.8. The molecule has 0 saturated carbocycles. The minimum atomic E-state index is 0.988. The van der Waals surface area contributed by atoms with Crippen molar-refractivity contribution in [2.75, 3.05) is 0 Å². The monoisotopic (exact) mass is 536 g/mol. The Morgan fingerprint density at radius 3 is 1.67 bits per heavy atom. The lowest BCUT2D eigenvalue weighted by Crippen LogP contribution is -1.91. The van der Waals surface area contributed by atoms with Gasteiger partial charge in [-0.3, -0.25) is 0 Å². The predicted molar refractivity (Wildman–Crippen MR) is 184 cm³/mol. The highest BCUT2D eigenvalue weighted by Gasteiger charge is 2.16. The second-order valence-electron chi connectivity index (χ2n) is 10.8. The molecule has 0 aromatic heterocycles. The molecule has 0 aliphatic heterocycles. The van der Waals surface area contributed by atoms with Crippen molar-refractivity contribution < 1.29 is 0 Å². The van der Waals surface area contributed by atoms with Crippen molar-refractivity contribution >= 4 is 37.9 Å². The van der Waals surface area contributed by atoms with Gasteiger partial charge in [0.1, 0.15) is 0 Å². The maximum atomic E-state index is 4.02. The molecule has 42 heavy (non-hydrogen) atoms. The number of benzene rings is 7. The van der Waals surface area contributed by atoms with Crippen LogP contribution in [0.4, 0.5) is 0 Å². The number of hydrogen-bond acceptors (Lipinski definition) is 0. The molecule has 0 aliphatic rings. The lowest BCUT2D eigenvalue weighted by atomic mass is 9.85. The van der Waals surface area contributed by atoms with Gasteiger partial charge in [-0.25, -0.2) is 0 Å². The molecule has 0 radical (unpaired) electrons. The van der Waals surface area contributed by atoms with Gasteiger partial charge in [0.05, 0.1) is 0 Å². The van der Waals surface area contributed by atoms with Gasteiger partial charge in [0.25, 0.3) is 0 Å². The van der Waals surface area contributed by atoms with Crippen LogP contribution in [0.3, 0.4) is 0 Å². The molecule has 7 rings (SSSR count). The zero-order valence-electron chi connectivity index (χ0n) is 23.8. The molecule has 0 amide bonds. The lowest BCUT2D eigenvalue weighted by molar-refractivity contribution is 1.23. The molecule has 0 aliphatic carbocycles. The Hall–Kier alpha value is -5.20.